The summed E-state index contributed by atoms with van der Waals surface area (Å²) >= 11 is 0. The highest BCUT2D eigenvalue weighted by Gasteiger charge is 2.36. The zero-order valence-electron chi connectivity index (χ0n) is 13.7. The van der Waals surface area contributed by atoms with Crippen LogP contribution in [0, 0.1) is 0 Å². The Hall–Kier alpha value is -2.57. The maximum Gasteiger partial charge on any atom is 0.324 e. The molecule has 2 fully saturated rings. The fourth-order valence-electron chi connectivity index (χ4n) is 3.20. The number of nitrogens with one attached hydrogen (secondary N) is 3. The molecule has 1 aromatic rings. The summed E-state index contributed by atoms with van der Waals surface area (Å²) in [6.07, 6.45) is 5.57. The van der Waals surface area contributed by atoms with Gasteiger partial charge in [0.2, 0.25) is 0 Å². The number of likely N-dealkylation sites (N-methyl/N-ethyl adjacent to an activating group) is 1. The normalized spacial score (nSPS) is 21.5. The molecule has 1 heterocycles. The molecule has 2 aliphatic rings. The van der Waals surface area contributed by atoms with E-state index >= 15 is 0 Å². The SMILES string of the molecule is CN1C(=O)NC(c2cccc(NC(=O)NC3CCCCC3)c2)C1=O. The molecule has 5 amide bonds. The quantitative estimate of drug-likeness (QED) is 0.743. The van der Waals surface area contributed by atoms with Crippen LogP contribution in [-0.2, 0) is 4.79 Å². The van der Waals surface area contributed by atoms with E-state index in [4.69, 9.17) is 0 Å². The average Bonchev–Trinajstić information content (AvgIpc) is 2.83. The Kier molecular flexibility index (Phi) is 4.69. The minimum atomic E-state index is -0.703. The average molecular weight is 330 g/mol. The van der Waals surface area contributed by atoms with Crippen LogP contribution in [0.3, 0.4) is 0 Å². The highest BCUT2D eigenvalue weighted by atomic mass is 16.2. The van der Waals surface area contributed by atoms with Gasteiger partial charge >= 0.3 is 12.1 Å². The zero-order valence-corrected chi connectivity index (χ0v) is 13.7. The fourth-order valence-corrected chi connectivity index (χ4v) is 3.20. The van der Waals surface area contributed by atoms with Gasteiger partial charge in [0.15, 0.2) is 0 Å². The van der Waals surface area contributed by atoms with E-state index in [0.29, 0.717) is 11.3 Å². The monoisotopic (exact) mass is 330 g/mol. The molecule has 128 valence electrons. The van der Waals surface area contributed by atoms with Crippen molar-refractivity contribution in [1.29, 1.82) is 0 Å². The molecule has 1 saturated carbocycles. The number of imide groups is 1. The molecular weight excluding hydrogens is 308 g/mol. The Bertz CT molecular complexity index is 655. The number of benzene rings is 1. The van der Waals surface area contributed by atoms with Gasteiger partial charge in [-0.3, -0.25) is 9.69 Å². The molecule has 3 N–H and O–H groups in total. The summed E-state index contributed by atoms with van der Waals surface area (Å²) in [5, 5.41) is 8.41. The van der Waals surface area contributed by atoms with Gasteiger partial charge in [-0.05, 0) is 30.5 Å². The Morgan fingerprint density at radius 1 is 1.21 bits per heavy atom. The van der Waals surface area contributed by atoms with Crippen molar-refractivity contribution in [2.75, 3.05) is 12.4 Å². The van der Waals surface area contributed by atoms with Gasteiger partial charge in [-0.25, -0.2) is 9.59 Å². The van der Waals surface area contributed by atoms with Crippen molar-refractivity contribution in [2.45, 2.75) is 44.2 Å². The molecule has 24 heavy (non-hydrogen) atoms. The molecule has 7 heteroatoms. The molecule has 0 aromatic heterocycles. The Labute approximate surface area is 140 Å². The van der Waals surface area contributed by atoms with Crippen LogP contribution >= 0.6 is 0 Å². The number of anilines is 1. The van der Waals surface area contributed by atoms with Crippen LogP contribution in [0.5, 0.6) is 0 Å². The number of nitrogens with zero attached hydrogens (tertiary/aromatic N) is 1. The summed E-state index contributed by atoms with van der Waals surface area (Å²) in [5.74, 6) is -0.302. The van der Waals surface area contributed by atoms with Crippen LogP contribution in [0.2, 0.25) is 0 Å². The van der Waals surface area contributed by atoms with E-state index in [1.54, 1.807) is 24.3 Å². The number of carbonyl (C=O) groups excluding carboxylic acids is 3. The number of hydrogen-bond donors (Lipinski definition) is 3. The maximum atomic E-state index is 12.1. The van der Waals surface area contributed by atoms with Crippen molar-refractivity contribution in [2.24, 2.45) is 0 Å². The van der Waals surface area contributed by atoms with Crippen molar-refractivity contribution < 1.29 is 14.4 Å². The lowest BCUT2D eigenvalue weighted by molar-refractivity contribution is -0.126. The van der Waals surface area contributed by atoms with Gasteiger partial charge in [0.25, 0.3) is 5.91 Å². The van der Waals surface area contributed by atoms with Crippen molar-refractivity contribution in [3.05, 3.63) is 29.8 Å². The van der Waals surface area contributed by atoms with Crippen LogP contribution in [0.4, 0.5) is 15.3 Å². The highest BCUT2D eigenvalue weighted by molar-refractivity contribution is 6.04. The number of hydrogen-bond acceptors (Lipinski definition) is 3. The van der Waals surface area contributed by atoms with Crippen molar-refractivity contribution in [1.82, 2.24) is 15.5 Å². The first-order valence-electron chi connectivity index (χ1n) is 8.30. The molecule has 0 radical (unpaired) electrons. The van der Waals surface area contributed by atoms with Crippen LogP contribution in [0.15, 0.2) is 24.3 Å². The molecule has 1 unspecified atom stereocenters. The van der Waals surface area contributed by atoms with E-state index in [2.05, 4.69) is 16.0 Å². The largest absolute Gasteiger partial charge is 0.335 e. The number of amides is 5. The van der Waals surface area contributed by atoms with Gasteiger partial charge < -0.3 is 16.0 Å². The lowest BCUT2D eigenvalue weighted by Gasteiger charge is -2.23. The second-order valence-corrected chi connectivity index (χ2v) is 6.34. The molecule has 3 rings (SSSR count). The Morgan fingerprint density at radius 3 is 2.62 bits per heavy atom. The lowest BCUT2D eigenvalue weighted by Crippen LogP contribution is -2.39. The minimum absolute atomic E-state index is 0.228. The second kappa shape index (κ2) is 6.90. The highest BCUT2D eigenvalue weighted by Crippen LogP contribution is 2.23. The summed E-state index contributed by atoms with van der Waals surface area (Å²) in [6, 6.07) is 5.85. The number of carbonyl (C=O) groups is 3. The van der Waals surface area contributed by atoms with E-state index in [-0.39, 0.29) is 18.0 Å². The van der Waals surface area contributed by atoms with Crippen molar-refractivity contribution >= 4 is 23.7 Å². The molecule has 1 atom stereocenters. The topological polar surface area (TPSA) is 90.5 Å². The first kappa shape index (κ1) is 16.3. The van der Waals surface area contributed by atoms with Gasteiger partial charge in [0, 0.05) is 18.8 Å². The molecule has 0 bridgehead atoms. The predicted molar refractivity (Wildman–Crippen MR) is 89.5 cm³/mol. The molecule has 1 saturated heterocycles. The smallest absolute Gasteiger partial charge is 0.324 e. The van der Waals surface area contributed by atoms with Crippen LogP contribution in [0.25, 0.3) is 0 Å². The summed E-state index contributed by atoms with van der Waals surface area (Å²) in [7, 11) is 1.44. The van der Waals surface area contributed by atoms with Crippen molar-refractivity contribution in [3.8, 4) is 0 Å². The van der Waals surface area contributed by atoms with Crippen LogP contribution < -0.4 is 16.0 Å². The third-order valence-electron chi connectivity index (χ3n) is 4.57. The molecule has 1 aliphatic carbocycles. The Balaban J connectivity index is 1.64. The summed E-state index contributed by atoms with van der Waals surface area (Å²) in [5.41, 5.74) is 1.24. The molecule has 1 aliphatic heterocycles. The zero-order chi connectivity index (χ0) is 17.1. The minimum Gasteiger partial charge on any atom is -0.335 e. The Morgan fingerprint density at radius 2 is 1.96 bits per heavy atom. The second-order valence-electron chi connectivity index (χ2n) is 6.34. The van der Waals surface area contributed by atoms with E-state index in [1.807, 2.05) is 0 Å². The van der Waals surface area contributed by atoms with Crippen molar-refractivity contribution in [3.63, 3.8) is 0 Å². The van der Waals surface area contributed by atoms with Gasteiger partial charge in [-0.2, -0.15) is 0 Å². The number of urea groups is 2. The van der Waals surface area contributed by atoms with Gasteiger partial charge in [0.1, 0.15) is 6.04 Å². The summed E-state index contributed by atoms with van der Waals surface area (Å²) in [4.78, 5) is 36.8. The fraction of sp³-hybridized carbons (Fsp3) is 0.471. The summed E-state index contributed by atoms with van der Waals surface area (Å²) in [6.45, 7) is 0. The maximum absolute atomic E-state index is 12.1. The van der Waals surface area contributed by atoms with Gasteiger partial charge in [0.05, 0.1) is 0 Å². The standard InChI is InChI=1S/C17H22N4O3/c1-21-15(22)14(20-17(21)24)11-6-5-9-13(10-11)19-16(23)18-12-7-3-2-4-8-12/h5-6,9-10,12,14H,2-4,7-8H2,1H3,(H,20,24)(H2,18,19,23). The van der Waals surface area contributed by atoms with E-state index in [9.17, 15) is 14.4 Å². The molecule has 0 spiro atoms. The van der Waals surface area contributed by atoms with E-state index in [0.717, 1.165) is 30.6 Å². The molecular formula is C17H22N4O3. The lowest BCUT2D eigenvalue weighted by atomic mass is 9.96. The molecule has 1 aromatic carbocycles. The van der Waals surface area contributed by atoms with Crippen LogP contribution in [0.1, 0.15) is 43.7 Å². The number of rotatable bonds is 3. The van der Waals surface area contributed by atoms with Gasteiger partial charge in [-0.15, -0.1) is 0 Å². The third kappa shape index (κ3) is 3.50. The van der Waals surface area contributed by atoms with E-state index in [1.165, 1.54) is 13.5 Å². The predicted octanol–water partition coefficient (Wildman–Crippen LogP) is 2.36. The third-order valence-corrected chi connectivity index (χ3v) is 4.57. The first-order chi connectivity index (χ1) is 11.5. The summed E-state index contributed by atoms with van der Waals surface area (Å²) < 4.78 is 0. The van der Waals surface area contributed by atoms with E-state index < -0.39 is 12.1 Å². The first-order valence-corrected chi connectivity index (χ1v) is 8.30. The van der Waals surface area contributed by atoms with Crippen LogP contribution in [-0.4, -0.2) is 36.0 Å². The molecule has 7 nitrogen and oxygen atoms in total. The van der Waals surface area contributed by atoms with Gasteiger partial charge in [-0.1, -0.05) is 31.4 Å².